The van der Waals surface area contributed by atoms with E-state index in [2.05, 4.69) is 20.5 Å². The summed E-state index contributed by atoms with van der Waals surface area (Å²) in [6.07, 6.45) is 1.43. The lowest BCUT2D eigenvalue weighted by Gasteiger charge is -2.10. The molecule has 0 saturated carbocycles. The average molecular weight is 286 g/mol. The molecule has 0 saturated heterocycles. The first-order chi connectivity index (χ1) is 9.66. The van der Waals surface area contributed by atoms with E-state index in [0.717, 1.165) is 20.5 Å². The molecule has 1 unspecified atom stereocenters. The van der Waals surface area contributed by atoms with Gasteiger partial charge in [-0.3, -0.25) is 9.89 Å². The first kappa shape index (κ1) is 12.8. The standard InChI is InChI=1S/C14H14N4OS/c1-8-10-5-3-4-6-11(10)20-12(8)14(19)17-9(2)13-15-7-16-18-13/h3-7,9H,1-2H3,(H,17,19)(H,15,16,18). The molecule has 5 nitrogen and oxygen atoms in total. The van der Waals surface area contributed by atoms with Crippen molar-refractivity contribution in [1.29, 1.82) is 0 Å². The van der Waals surface area contributed by atoms with Crippen molar-refractivity contribution in [3.63, 3.8) is 0 Å². The second-order valence-electron chi connectivity index (χ2n) is 4.62. The van der Waals surface area contributed by atoms with Gasteiger partial charge in [-0.2, -0.15) is 5.10 Å². The molecule has 0 fully saturated rings. The third-order valence-electron chi connectivity index (χ3n) is 3.24. The normalized spacial score (nSPS) is 12.5. The van der Waals surface area contributed by atoms with Gasteiger partial charge in [-0.1, -0.05) is 18.2 Å². The summed E-state index contributed by atoms with van der Waals surface area (Å²) in [5.41, 5.74) is 1.02. The second kappa shape index (κ2) is 5.05. The summed E-state index contributed by atoms with van der Waals surface area (Å²) in [4.78, 5) is 17.2. The van der Waals surface area contributed by atoms with Crippen molar-refractivity contribution in [2.24, 2.45) is 0 Å². The van der Waals surface area contributed by atoms with Crippen LogP contribution in [0.5, 0.6) is 0 Å². The van der Waals surface area contributed by atoms with E-state index in [-0.39, 0.29) is 11.9 Å². The maximum absolute atomic E-state index is 12.4. The van der Waals surface area contributed by atoms with Gasteiger partial charge in [0.25, 0.3) is 5.91 Å². The molecular weight excluding hydrogens is 272 g/mol. The van der Waals surface area contributed by atoms with Crippen LogP contribution in [0.4, 0.5) is 0 Å². The summed E-state index contributed by atoms with van der Waals surface area (Å²) in [5, 5.41) is 10.6. The number of hydrogen-bond donors (Lipinski definition) is 2. The van der Waals surface area contributed by atoms with Crippen molar-refractivity contribution in [3.05, 3.63) is 46.9 Å². The Hall–Kier alpha value is -2.21. The largest absolute Gasteiger partial charge is 0.342 e. The van der Waals surface area contributed by atoms with Gasteiger partial charge >= 0.3 is 0 Å². The van der Waals surface area contributed by atoms with Crippen LogP contribution < -0.4 is 5.32 Å². The van der Waals surface area contributed by atoms with Crippen LogP contribution >= 0.6 is 11.3 Å². The molecule has 0 aliphatic heterocycles. The molecule has 1 atom stereocenters. The first-order valence-corrected chi connectivity index (χ1v) is 7.12. The number of nitrogens with zero attached hydrogens (tertiary/aromatic N) is 2. The van der Waals surface area contributed by atoms with E-state index in [1.165, 1.54) is 17.7 Å². The van der Waals surface area contributed by atoms with Crippen LogP contribution in [-0.4, -0.2) is 21.1 Å². The summed E-state index contributed by atoms with van der Waals surface area (Å²) in [6.45, 7) is 3.86. The number of thiophene rings is 1. The fraction of sp³-hybridized carbons (Fsp3) is 0.214. The molecule has 102 valence electrons. The average Bonchev–Trinajstić information content (AvgIpc) is 3.07. The SMILES string of the molecule is Cc1c(C(=O)NC(C)c2ncn[nH]2)sc2ccccc12. The number of H-pyrrole nitrogens is 1. The summed E-state index contributed by atoms with van der Waals surface area (Å²) in [5.74, 6) is 0.574. The number of fused-ring (bicyclic) bond motifs is 1. The van der Waals surface area contributed by atoms with E-state index in [0.29, 0.717) is 5.82 Å². The van der Waals surface area contributed by atoms with Gasteiger partial charge in [0.2, 0.25) is 0 Å². The maximum Gasteiger partial charge on any atom is 0.262 e. The second-order valence-corrected chi connectivity index (χ2v) is 5.67. The van der Waals surface area contributed by atoms with Gasteiger partial charge in [-0.05, 0) is 30.9 Å². The Labute approximate surface area is 120 Å². The Morgan fingerprint density at radius 1 is 1.40 bits per heavy atom. The van der Waals surface area contributed by atoms with Gasteiger partial charge in [0.15, 0.2) is 0 Å². The molecule has 6 heteroatoms. The zero-order valence-electron chi connectivity index (χ0n) is 11.2. The van der Waals surface area contributed by atoms with E-state index in [1.54, 1.807) is 0 Å². The number of rotatable bonds is 3. The lowest BCUT2D eigenvalue weighted by Crippen LogP contribution is -2.27. The fourth-order valence-electron chi connectivity index (χ4n) is 2.15. The van der Waals surface area contributed by atoms with Crippen LogP contribution in [0.2, 0.25) is 0 Å². The number of aromatic nitrogens is 3. The molecule has 3 aromatic rings. The highest BCUT2D eigenvalue weighted by atomic mass is 32.1. The number of nitrogens with one attached hydrogen (secondary N) is 2. The van der Waals surface area contributed by atoms with Gasteiger partial charge in [-0.25, -0.2) is 4.98 Å². The molecule has 1 amide bonds. The van der Waals surface area contributed by atoms with Crippen LogP contribution in [0.25, 0.3) is 10.1 Å². The molecule has 1 aromatic carbocycles. The van der Waals surface area contributed by atoms with Crippen molar-refractivity contribution in [3.8, 4) is 0 Å². The third kappa shape index (κ3) is 2.18. The predicted molar refractivity (Wildman–Crippen MR) is 78.8 cm³/mol. The quantitative estimate of drug-likeness (QED) is 0.777. The number of carbonyl (C=O) groups excluding carboxylic acids is 1. The Morgan fingerprint density at radius 3 is 2.90 bits per heavy atom. The zero-order valence-corrected chi connectivity index (χ0v) is 12.0. The Kier molecular flexibility index (Phi) is 3.23. The molecule has 0 spiro atoms. The Bertz CT molecular complexity index is 748. The van der Waals surface area contributed by atoms with Crippen molar-refractivity contribution < 1.29 is 4.79 Å². The van der Waals surface area contributed by atoms with E-state index >= 15 is 0 Å². The number of benzene rings is 1. The lowest BCUT2D eigenvalue weighted by molar-refractivity contribution is 0.0942. The van der Waals surface area contributed by atoms with Crippen LogP contribution in [0.3, 0.4) is 0 Å². The number of amides is 1. The molecule has 0 bridgehead atoms. The van der Waals surface area contributed by atoms with Gasteiger partial charge in [0.1, 0.15) is 12.2 Å². The third-order valence-corrected chi connectivity index (χ3v) is 4.51. The highest BCUT2D eigenvalue weighted by Crippen LogP contribution is 2.30. The lowest BCUT2D eigenvalue weighted by atomic mass is 10.1. The molecule has 3 rings (SSSR count). The van der Waals surface area contributed by atoms with E-state index in [4.69, 9.17) is 0 Å². The monoisotopic (exact) mass is 286 g/mol. The molecule has 20 heavy (non-hydrogen) atoms. The van der Waals surface area contributed by atoms with Crippen molar-refractivity contribution in [2.75, 3.05) is 0 Å². The molecule has 2 heterocycles. The van der Waals surface area contributed by atoms with E-state index in [9.17, 15) is 4.79 Å². The maximum atomic E-state index is 12.4. The Balaban J connectivity index is 1.87. The van der Waals surface area contributed by atoms with Gasteiger partial charge in [0, 0.05) is 4.70 Å². The summed E-state index contributed by atoms with van der Waals surface area (Å²) < 4.78 is 1.13. The number of carbonyl (C=O) groups is 1. The smallest absolute Gasteiger partial charge is 0.262 e. The highest BCUT2D eigenvalue weighted by molar-refractivity contribution is 7.21. The summed E-state index contributed by atoms with van der Waals surface area (Å²) in [7, 11) is 0. The topological polar surface area (TPSA) is 70.7 Å². The van der Waals surface area contributed by atoms with Gasteiger partial charge < -0.3 is 5.32 Å². The van der Waals surface area contributed by atoms with Crippen LogP contribution in [-0.2, 0) is 0 Å². The molecule has 2 aromatic heterocycles. The minimum Gasteiger partial charge on any atom is -0.342 e. The fourth-order valence-corrected chi connectivity index (χ4v) is 3.26. The number of aromatic amines is 1. The van der Waals surface area contributed by atoms with E-state index < -0.39 is 0 Å². The number of aryl methyl sites for hydroxylation is 1. The first-order valence-electron chi connectivity index (χ1n) is 6.31. The molecule has 2 N–H and O–H groups in total. The molecule has 0 radical (unpaired) electrons. The number of hydrogen-bond acceptors (Lipinski definition) is 4. The van der Waals surface area contributed by atoms with Crippen molar-refractivity contribution >= 4 is 27.3 Å². The van der Waals surface area contributed by atoms with Crippen LogP contribution in [0, 0.1) is 6.92 Å². The summed E-state index contributed by atoms with van der Waals surface area (Å²) >= 11 is 1.51. The van der Waals surface area contributed by atoms with Crippen LogP contribution in [0.15, 0.2) is 30.6 Å². The zero-order chi connectivity index (χ0) is 14.1. The Morgan fingerprint density at radius 2 is 2.20 bits per heavy atom. The summed E-state index contributed by atoms with van der Waals surface area (Å²) in [6, 6.07) is 7.84. The van der Waals surface area contributed by atoms with Gasteiger partial charge in [-0.15, -0.1) is 11.3 Å². The molecular formula is C14H14N4OS. The van der Waals surface area contributed by atoms with Gasteiger partial charge in [0.05, 0.1) is 10.9 Å². The predicted octanol–water partition coefficient (Wildman–Crippen LogP) is 2.82. The van der Waals surface area contributed by atoms with Crippen molar-refractivity contribution in [2.45, 2.75) is 19.9 Å². The van der Waals surface area contributed by atoms with Crippen molar-refractivity contribution in [1.82, 2.24) is 20.5 Å². The minimum absolute atomic E-state index is 0.0763. The van der Waals surface area contributed by atoms with E-state index in [1.807, 2.05) is 38.1 Å². The van der Waals surface area contributed by atoms with Crippen LogP contribution in [0.1, 0.15) is 34.0 Å². The minimum atomic E-state index is -0.199. The highest BCUT2D eigenvalue weighted by Gasteiger charge is 2.18. The molecule has 0 aliphatic rings. The molecule has 0 aliphatic carbocycles.